The van der Waals surface area contributed by atoms with Crippen LogP contribution in [0.1, 0.15) is 33.6 Å². The minimum Gasteiger partial charge on any atom is -0.444 e. The van der Waals surface area contributed by atoms with Gasteiger partial charge in [-0.2, -0.15) is 11.8 Å². The van der Waals surface area contributed by atoms with Crippen LogP contribution in [-0.4, -0.2) is 79.5 Å². The minimum atomic E-state index is -0.455. The van der Waals surface area contributed by atoms with E-state index >= 15 is 0 Å². The van der Waals surface area contributed by atoms with Crippen molar-refractivity contribution in [2.75, 3.05) is 46.2 Å². The van der Waals surface area contributed by atoms with Crippen molar-refractivity contribution in [3.05, 3.63) is 0 Å². The molecule has 0 atom stereocenters. The highest BCUT2D eigenvalue weighted by Crippen LogP contribution is 2.32. The fourth-order valence-electron chi connectivity index (χ4n) is 2.87. The van der Waals surface area contributed by atoms with E-state index in [9.17, 15) is 4.79 Å². The van der Waals surface area contributed by atoms with E-state index in [1.807, 2.05) is 32.5 Å². The molecule has 1 amide bonds. The van der Waals surface area contributed by atoms with Crippen molar-refractivity contribution in [1.82, 2.24) is 15.5 Å². The number of nitrogens with one attached hydrogen (secondary N) is 2. The average molecular weight is 373 g/mol. The van der Waals surface area contributed by atoms with Gasteiger partial charge in [0.15, 0.2) is 5.96 Å². The Hall–Kier alpha value is -1.15. The number of hydrogen-bond acceptors (Lipinski definition) is 5. The number of thioether (sulfide) groups is 1. The van der Waals surface area contributed by atoms with Crippen molar-refractivity contribution < 1.29 is 14.3 Å². The summed E-state index contributed by atoms with van der Waals surface area (Å²) in [5, 5.41) is 6.82. The maximum atomic E-state index is 12.0. The van der Waals surface area contributed by atoms with Crippen LogP contribution in [0.15, 0.2) is 4.99 Å². The number of likely N-dealkylation sites (tertiary alicyclic amines) is 1. The second-order valence-corrected chi connectivity index (χ2v) is 8.93. The molecule has 8 heteroatoms. The largest absolute Gasteiger partial charge is 0.444 e. The van der Waals surface area contributed by atoms with Crippen molar-refractivity contribution in [2.45, 2.75) is 50.0 Å². The van der Waals surface area contributed by atoms with Crippen LogP contribution < -0.4 is 10.6 Å². The maximum absolute atomic E-state index is 12.0. The highest BCUT2D eigenvalue weighted by Gasteiger charge is 2.35. The Bertz CT molecular complexity index is 481. The van der Waals surface area contributed by atoms with Gasteiger partial charge in [0.05, 0.1) is 6.04 Å². The first kappa shape index (κ1) is 20.2. The van der Waals surface area contributed by atoms with Crippen molar-refractivity contribution in [2.24, 2.45) is 4.99 Å². The molecule has 144 valence electrons. The number of aliphatic imine (C=N–C) groups is 1. The van der Waals surface area contributed by atoms with Crippen LogP contribution in [0.2, 0.25) is 0 Å². The predicted molar refractivity (Wildman–Crippen MR) is 102 cm³/mol. The van der Waals surface area contributed by atoms with Crippen LogP contribution in [0.3, 0.4) is 0 Å². The molecule has 0 saturated carbocycles. The summed E-state index contributed by atoms with van der Waals surface area (Å²) in [6.45, 7) is 9.41. The molecule has 0 aromatic carbocycles. The van der Waals surface area contributed by atoms with Crippen molar-refractivity contribution in [3.8, 4) is 0 Å². The van der Waals surface area contributed by atoms with E-state index in [1.165, 1.54) is 0 Å². The first-order valence-electron chi connectivity index (χ1n) is 8.85. The van der Waals surface area contributed by atoms with E-state index in [-0.39, 0.29) is 16.9 Å². The smallest absolute Gasteiger partial charge is 0.410 e. The third-order valence-corrected chi connectivity index (χ3v) is 5.93. The number of hydrogen-bond donors (Lipinski definition) is 2. The Morgan fingerprint density at radius 3 is 2.52 bits per heavy atom. The lowest BCUT2D eigenvalue weighted by Crippen LogP contribution is -2.63. The molecule has 0 radical (unpaired) electrons. The zero-order chi connectivity index (χ0) is 18.5. The molecule has 0 aromatic heterocycles. The molecule has 2 heterocycles. The van der Waals surface area contributed by atoms with Crippen molar-refractivity contribution in [3.63, 3.8) is 0 Å². The molecule has 2 rings (SSSR count). The first-order chi connectivity index (χ1) is 11.8. The van der Waals surface area contributed by atoms with E-state index in [2.05, 4.69) is 21.9 Å². The lowest BCUT2D eigenvalue weighted by molar-refractivity contribution is 0.00700. The lowest BCUT2D eigenvalue weighted by Gasteiger charge is -2.41. The fraction of sp³-hybridized carbons (Fsp3) is 0.882. The Labute approximate surface area is 155 Å². The summed E-state index contributed by atoms with van der Waals surface area (Å²) in [6.07, 6.45) is 4.01. The van der Waals surface area contributed by atoms with Gasteiger partial charge in [0.1, 0.15) is 5.60 Å². The molecule has 2 N–H and O–H groups in total. The molecule has 0 spiro atoms. The summed E-state index contributed by atoms with van der Waals surface area (Å²) in [5.74, 6) is 0.786. The number of nitrogens with zero attached hydrogens (tertiary/aromatic N) is 2. The molecule has 25 heavy (non-hydrogen) atoms. The van der Waals surface area contributed by atoms with E-state index in [1.54, 1.807) is 11.9 Å². The number of rotatable bonds is 4. The standard InChI is InChI=1S/C17H32N4O3S/c1-16(2,3)24-15(22)21-10-13(11-21)20-14(18-4)19-12-17(25-5)6-8-23-9-7-17/h13H,6-12H2,1-5H3,(H2,18,19,20). The average Bonchev–Trinajstić information content (AvgIpc) is 2.52. The van der Waals surface area contributed by atoms with Gasteiger partial charge >= 0.3 is 6.09 Å². The molecular formula is C17H32N4O3S. The van der Waals surface area contributed by atoms with E-state index in [0.717, 1.165) is 38.6 Å². The van der Waals surface area contributed by atoms with Crippen molar-refractivity contribution in [1.29, 1.82) is 0 Å². The zero-order valence-electron chi connectivity index (χ0n) is 16.1. The van der Waals surface area contributed by atoms with Gasteiger partial charge in [0, 0.05) is 44.6 Å². The summed E-state index contributed by atoms with van der Waals surface area (Å²) < 4.78 is 11.1. The normalized spacial score (nSPS) is 21.5. The van der Waals surface area contributed by atoms with Gasteiger partial charge in [0.25, 0.3) is 0 Å². The van der Waals surface area contributed by atoms with Crippen LogP contribution in [0, 0.1) is 0 Å². The first-order valence-corrected chi connectivity index (χ1v) is 10.1. The molecule has 0 aliphatic carbocycles. The molecule has 2 aliphatic heterocycles. The lowest BCUT2D eigenvalue weighted by atomic mass is 9.99. The third-order valence-electron chi connectivity index (χ3n) is 4.51. The molecule has 0 unspecified atom stereocenters. The van der Waals surface area contributed by atoms with E-state index in [4.69, 9.17) is 9.47 Å². The number of ether oxygens (including phenoxy) is 2. The molecule has 0 bridgehead atoms. The number of carbonyl (C=O) groups is 1. The second kappa shape index (κ2) is 8.49. The Kier molecular flexibility index (Phi) is 6.85. The topological polar surface area (TPSA) is 75.2 Å². The minimum absolute atomic E-state index is 0.206. The molecule has 0 aromatic rings. The Morgan fingerprint density at radius 1 is 1.36 bits per heavy atom. The van der Waals surface area contributed by atoms with Crippen LogP contribution >= 0.6 is 11.8 Å². The summed E-state index contributed by atoms with van der Waals surface area (Å²) in [5.41, 5.74) is -0.455. The van der Waals surface area contributed by atoms with Crippen LogP contribution in [0.5, 0.6) is 0 Å². The monoisotopic (exact) mass is 372 g/mol. The second-order valence-electron chi connectivity index (χ2n) is 7.65. The van der Waals surface area contributed by atoms with E-state index < -0.39 is 5.60 Å². The predicted octanol–water partition coefficient (Wildman–Crippen LogP) is 1.68. The van der Waals surface area contributed by atoms with Gasteiger partial charge in [-0.05, 0) is 39.9 Å². The van der Waals surface area contributed by atoms with Crippen LogP contribution in [0.25, 0.3) is 0 Å². The maximum Gasteiger partial charge on any atom is 0.410 e. The molecule has 2 fully saturated rings. The van der Waals surface area contributed by atoms with Gasteiger partial charge in [0.2, 0.25) is 0 Å². The summed E-state index contributed by atoms with van der Waals surface area (Å²) >= 11 is 1.90. The van der Waals surface area contributed by atoms with Gasteiger partial charge in [-0.15, -0.1) is 0 Å². The fourth-order valence-corrected chi connectivity index (χ4v) is 3.67. The van der Waals surface area contributed by atoms with Crippen LogP contribution in [-0.2, 0) is 9.47 Å². The third kappa shape index (κ3) is 5.95. The number of amides is 1. The molecule has 7 nitrogen and oxygen atoms in total. The van der Waals surface area contributed by atoms with Crippen molar-refractivity contribution >= 4 is 23.8 Å². The highest BCUT2D eigenvalue weighted by molar-refractivity contribution is 8.00. The zero-order valence-corrected chi connectivity index (χ0v) is 16.9. The number of carbonyl (C=O) groups excluding carboxylic acids is 1. The van der Waals surface area contributed by atoms with Gasteiger partial charge in [-0.25, -0.2) is 4.79 Å². The van der Waals surface area contributed by atoms with Crippen LogP contribution in [0.4, 0.5) is 4.79 Å². The summed E-state index contributed by atoms with van der Waals surface area (Å²) in [4.78, 5) is 18.0. The molecule has 2 saturated heterocycles. The molecule has 2 aliphatic rings. The Balaban J connectivity index is 1.74. The quantitative estimate of drug-likeness (QED) is 0.578. The SMILES string of the molecule is CN=C(NCC1(SC)CCOCC1)NC1CN(C(=O)OC(C)(C)C)C1. The van der Waals surface area contributed by atoms with Gasteiger partial charge in [-0.1, -0.05) is 0 Å². The van der Waals surface area contributed by atoms with Gasteiger partial charge in [-0.3, -0.25) is 4.99 Å². The molecular weight excluding hydrogens is 340 g/mol. The summed E-state index contributed by atoms with van der Waals surface area (Å²) in [7, 11) is 1.77. The highest BCUT2D eigenvalue weighted by atomic mass is 32.2. The van der Waals surface area contributed by atoms with Gasteiger partial charge < -0.3 is 25.0 Å². The van der Waals surface area contributed by atoms with E-state index in [0.29, 0.717) is 13.1 Å². The Morgan fingerprint density at radius 2 is 2.00 bits per heavy atom. The number of guanidine groups is 1. The summed E-state index contributed by atoms with van der Waals surface area (Å²) in [6, 6.07) is 0.207.